The van der Waals surface area contributed by atoms with Crippen LogP contribution in [0.3, 0.4) is 0 Å². The summed E-state index contributed by atoms with van der Waals surface area (Å²) in [6.07, 6.45) is 1.83. The van der Waals surface area contributed by atoms with E-state index in [4.69, 9.17) is 5.11 Å². The maximum atomic E-state index is 12.1. The molecule has 0 aromatic heterocycles. The van der Waals surface area contributed by atoms with E-state index < -0.39 is 5.97 Å². The predicted octanol–water partition coefficient (Wildman–Crippen LogP) is 0.633. The van der Waals surface area contributed by atoms with Crippen molar-refractivity contribution in [2.75, 3.05) is 19.6 Å². The first kappa shape index (κ1) is 14.8. The average Bonchev–Trinajstić information content (AvgIpc) is 2.30. The van der Waals surface area contributed by atoms with Crippen LogP contribution in [-0.4, -0.2) is 53.7 Å². The van der Waals surface area contributed by atoms with Crippen LogP contribution in [0, 0.1) is 0 Å². The topological polar surface area (TPSA) is 81.7 Å². The van der Waals surface area contributed by atoms with Gasteiger partial charge in [-0.15, -0.1) is 0 Å². The third-order valence-electron chi connectivity index (χ3n) is 3.27. The average molecular weight is 257 g/mol. The number of carboxylic acid groups (broad SMARTS) is 1. The van der Waals surface area contributed by atoms with Crippen molar-refractivity contribution in [3.8, 4) is 0 Å². The lowest BCUT2D eigenvalue weighted by Gasteiger charge is -2.31. The van der Waals surface area contributed by atoms with Gasteiger partial charge in [-0.3, -0.25) is 4.79 Å². The Balaban J connectivity index is 2.47. The number of carboxylic acids is 1. The Kier molecular flexibility index (Phi) is 5.91. The van der Waals surface area contributed by atoms with Crippen LogP contribution < -0.4 is 10.6 Å². The van der Waals surface area contributed by atoms with Crippen LogP contribution in [0.2, 0.25) is 0 Å². The highest BCUT2D eigenvalue weighted by Crippen LogP contribution is 2.07. The van der Waals surface area contributed by atoms with E-state index in [9.17, 15) is 9.59 Å². The molecule has 1 fully saturated rings. The predicted molar refractivity (Wildman–Crippen MR) is 68.5 cm³/mol. The minimum absolute atomic E-state index is 0.0204. The van der Waals surface area contributed by atoms with Gasteiger partial charge in [-0.1, -0.05) is 0 Å². The second-order valence-electron chi connectivity index (χ2n) is 4.71. The lowest BCUT2D eigenvalue weighted by molar-refractivity contribution is -0.138. The maximum absolute atomic E-state index is 12.1. The van der Waals surface area contributed by atoms with Crippen molar-refractivity contribution in [2.45, 2.75) is 45.2 Å². The summed E-state index contributed by atoms with van der Waals surface area (Å²) in [4.78, 5) is 24.3. The molecule has 0 radical (unpaired) electrons. The fraction of sp³-hybridized carbons (Fsp3) is 0.833. The smallest absolute Gasteiger partial charge is 0.317 e. The molecule has 1 saturated heterocycles. The molecule has 2 amide bonds. The van der Waals surface area contributed by atoms with Crippen LogP contribution in [0.15, 0.2) is 0 Å². The van der Waals surface area contributed by atoms with Gasteiger partial charge in [0.05, 0.1) is 6.42 Å². The van der Waals surface area contributed by atoms with Gasteiger partial charge in [-0.2, -0.15) is 0 Å². The summed E-state index contributed by atoms with van der Waals surface area (Å²) < 4.78 is 0. The van der Waals surface area contributed by atoms with Crippen LogP contribution in [0.4, 0.5) is 4.79 Å². The standard InChI is InChI=1S/C12H23N3O3/c1-3-15(9(2)8-11(16)17)12(18)14-10-4-6-13-7-5-10/h9-10,13H,3-8H2,1-2H3,(H,14,18)(H,16,17). The Morgan fingerprint density at radius 2 is 2.06 bits per heavy atom. The van der Waals surface area contributed by atoms with E-state index in [1.165, 1.54) is 0 Å². The molecule has 0 aromatic carbocycles. The number of carbonyl (C=O) groups is 2. The minimum atomic E-state index is -0.879. The second kappa shape index (κ2) is 7.20. The van der Waals surface area contributed by atoms with Gasteiger partial charge < -0.3 is 20.6 Å². The number of aliphatic carboxylic acids is 1. The van der Waals surface area contributed by atoms with E-state index in [1.54, 1.807) is 11.8 Å². The van der Waals surface area contributed by atoms with Gasteiger partial charge >= 0.3 is 12.0 Å². The zero-order valence-corrected chi connectivity index (χ0v) is 11.1. The molecule has 104 valence electrons. The van der Waals surface area contributed by atoms with Crippen molar-refractivity contribution in [1.29, 1.82) is 0 Å². The molecule has 0 spiro atoms. The Hall–Kier alpha value is -1.30. The van der Waals surface area contributed by atoms with Gasteiger partial charge in [0.15, 0.2) is 0 Å². The van der Waals surface area contributed by atoms with Crippen molar-refractivity contribution in [1.82, 2.24) is 15.5 Å². The van der Waals surface area contributed by atoms with Crippen LogP contribution >= 0.6 is 0 Å². The lowest BCUT2D eigenvalue weighted by atomic mass is 10.1. The SMILES string of the molecule is CCN(C(=O)NC1CCNCC1)C(C)CC(=O)O. The number of piperidine rings is 1. The third-order valence-corrected chi connectivity index (χ3v) is 3.27. The fourth-order valence-corrected chi connectivity index (χ4v) is 2.24. The number of hydrogen-bond acceptors (Lipinski definition) is 3. The van der Waals surface area contributed by atoms with Crippen LogP contribution in [0.5, 0.6) is 0 Å². The summed E-state index contributed by atoms with van der Waals surface area (Å²) in [5, 5.41) is 15.0. The molecular weight excluding hydrogens is 234 g/mol. The number of rotatable bonds is 5. The Morgan fingerprint density at radius 3 is 2.56 bits per heavy atom. The van der Waals surface area contributed by atoms with E-state index in [2.05, 4.69) is 10.6 Å². The van der Waals surface area contributed by atoms with Crippen LogP contribution in [0.1, 0.15) is 33.1 Å². The zero-order valence-electron chi connectivity index (χ0n) is 11.1. The molecule has 1 aliphatic heterocycles. The second-order valence-corrected chi connectivity index (χ2v) is 4.71. The minimum Gasteiger partial charge on any atom is -0.481 e. The molecule has 0 bridgehead atoms. The molecule has 1 unspecified atom stereocenters. The normalized spacial score (nSPS) is 18.1. The number of nitrogens with one attached hydrogen (secondary N) is 2. The summed E-state index contributed by atoms with van der Waals surface area (Å²) in [6, 6.07) is -0.239. The van der Waals surface area contributed by atoms with Gasteiger partial charge in [0.2, 0.25) is 0 Å². The fourth-order valence-electron chi connectivity index (χ4n) is 2.24. The number of urea groups is 1. The van der Waals surface area contributed by atoms with Crippen LogP contribution in [0.25, 0.3) is 0 Å². The van der Waals surface area contributed by atoms with E-state index in [0.717, 1.165) is 25.9 Å². The van der Waals surface area contributed by atoms with Gasteiger partial charge in [0, 0.05) is 18.6 Å². The highest BCUT2D eigenvalue weighted by atomic mass is 16.4. The molecule has 1 rings (SSSR count). The van der Waals surface area contributed by atoms with Gasteiger partial charge in [0.1, 0.15) is 0 Å². The summed E-state index contributed by atoms with van der Waals surface area (Å²) in [6.45, 7) is 5.98. The number of amides is 2. The Morgan fingerprint density at radius 1 is 1.44 bits per heavy atom. The highest BCUT2D eigenvalue weighted by Gasteiger charge is 2.23. The summed E-state index contributed by atoms with van der Waals surface area (Å²) in [7, 11) is 0. The van der Waals surface area contributed by atoms with Crippen molar-refractivity contribution in [2.24, 2.45) is 0 Å². The van der Waals surface area contributed by atoms with Crippen LogP contribution in [-0.2, 0) is 4.79 Å². The van der Waals surface area contributed by atoms with Crippen molar-refractivity contribution in [3.05, 3.63) is 0 Å². The van der Waals surface area contributed by atoms with Crippen molar-refractivity contribution in [3.63, 3.8) is 0 Å². The molecule has 18 heavy (non-hydrogen) atoms. The molecule has 6 nitrogen and oxygen atoms in total. The third kappa shape index (κ3) is 4.52. The Labute approximate surface area is 108 Å². The summed E-state index contributed by atoms with van der Waals surface area (Å²) >= 11 is 0. The molecule has 6 heteroatoms. The monoisotopic (exact) mass is 257 g/mol. The molecule has 0 aliphatic carbocycles. The van der Waals surface area contributed by atoms with Gasteiger partial charge in [-0.05, 0) is 39.8 Å². The first-order valence-electron chi connectivity index (χ1n) is 6.54. The van der Waals surface area contributed by atoms with E-state index in [0.29, 0.717) is 6.54 Å². The molecule has 1 atom stereocenters. The van der Waals surface area contributed by atoms with Crippen molar-refractivity contribution >= 4 is 12.0 Å². The first-order valence-corrected chi connectivity index (χ1v) is 6.54. The van der Waals surface area contributed by atoms with Gasteiger partial charge in [-0.25, -0.2) is 4.79 Å². The number of hydrogen-bond donors (Lipinski definition) is 3. The van der Waals surface area contributed by atoms with Crippen molar-refractivity contribution < 1.29 is 14.7 Å². The summed E-state index contributed by atoms with van der Waals surface area (Å²) in [5.41, 5.74) is 0. The van der Waals surface area contributed by atoms with Gasteiger partial charge in [0.25, 0.3) is 0 Å². The highest BCUT2D eigenvalue weighted by molar-refractivity contribution is 5.76. The molecule has 1 aliphatic rings. The Bertz CT molecular complexity index is 290. The molecular formula is C12H23N3O3. The first-order chi connectivity index (χ1) is 8.54. The molecule has 0 aromatic rings. The molecule has 3 N–H and O–H groups in total. The maximum Gasteiger partial charge on any atom is 0.317 e. The quantitative estimate of drug-likeness (QED) is 0.675. The summed E-state index contributed by atoms with van der Waals surface area (Å²) in [5.74, 6) is -0.879. The van der Waals surface area contributed by atoms with E-state index >= 15 is 0 Å². The van der Waals surface area contributed by atoms with E-state index in [-0.39, 0.29) is 24.5 Å². The zero-order chi connectivity index (χ0) is 13.5. The lowest BCUT2D eigenvalue weighted by Crippen LogP contribution is -2.51. The number of carbonyl (C=O) groups excluding carboxylic acids is 1. The van der Waals surface area contributed by atoms with E-state index in [1.807, 2.05) is 6.92 Å². The molecule has 0 saturated carbocycles. The molecule has 1 heterocycles. The largest absolute Gasteiger partial charge is 0.481 e. The number of nitrogens with zero attached hydrogens (tertiary/aromatic N) is 1.